The quantitative estimate of drug-likeness (QED) is 0.760. The van der Waals surface area contributed by atoms with Crippen molar-refractivity contribution < 1.29 is 4.39 Å². The van der Waals surface area contributed by atoms with E-state index in [1.54, 1.807) is 6.07 Å². The van der Waals surface area contributed by atoms with E-state index >= 15 is 0 Å². The van der Waals surface area contributed by atoms with Gasteiger partial charge >= 0.3 is 0 Å². The van der Waals surface area contributed by atoms with Gasteiger partial charge in [0.1, 0.15) is 5.82 Å². The number of rotatable bonds is 7. The molecule has 3 heteroatoms. The van der Waals surface area contributed by atoms with Gasteiger partial charge in [-0.1, -0.05) is 26.3 Å². The molecular weight excluding hydrogens is 251 g/mol. The number of benzene rings is 1. The SMILES string of the molecule is CCCNCc1c(F)cccc1N1CCC(CCC)C1. The van der Waals surface area contributed by atoms with Gasteiger partial charge in [0.2, 0.25) is 0 Å². The lowest BCUT2D eigenvalue weighted by molar-refractivity contribution is 0.529. The Bertz CT molecular complexity index is 419. The highest BCUT2D eigenvalue weighted by Crippen LogP contribution is 2.30. The molecule has 1 aromatic carbocycles. The van der Waals surface area contributed by atoms with Crippen LogP contribution in [0, 0.1) is 11.7 Å². The fourth-order valence-corrected chi connectivity index (χ4v) is 3.10. The second-order valence-electron chi connectivity index (χ2n) is 5.80. The number of nitrogens with one attached hydrogen (secondary N) is 1. The van der Waals surface area contributed by atoms with Crippen LogP contribution in [-0.2, 0) is 6.54 Å². The molecule has 0 saturated carbocycles. The summed E-state index contributed by atoms with van der Waals surface area (Å²) in [6, 6.07) is 5.48. The molecule has 2 nitrogen and oxygen atoms in total. The zero-order valence-corrected chi connectivity index (χ0v) is 12.8. The summed E-state index contributed by atoms with van der Waals surface area (Å²) in [4.78, 5) is 2.37. The maximum absolute atomic E-state index is 14.1. The van der Waals surface area contributed by atoms with Crippen LogP contribution in [0.2, 0.25) is 0 Å². The van der Waals surface area contributed by atoms with Crippen molar-refractivity contribution in [2.45, 2.75) is 46.1 Å². The molecule has 1 N–H and O–H groups in total. The second kappa shape index (κ2) is 7.63. The predicted molar refractivity (Wildman–Crippen MR) is 83.6 cm³/mol. The highest BCUT2D eigenvalue weighted by Gasteiger charge is 2.24. The molecule has 20 heavy (non-hydrogen) atoms. The number of hydrogen-bond donors (Lipinski definition) is 1. The molecule has 0 aromatic heterocycles. The third-order valence-corrected chi connectivity index (χ3v) is 4.15. The zero-order chi connectivity index (χ0) is 14.4. The number of halogens is 1. The van der Waals surface area contributed by atoms with E-state index in [9.17, 15) is 4.39 Å². The van der Waals surface area contributed by atoms with E-state index in [1.807, 2.05) is 6.07 Å². The first-order chi connectivity index (χ1) is 9.76. The Balaban J connectivity index is 2.08. The first-order valence-electron chi connectivity index (χ1n) is 7.99. The van der Waals surface area contributed by atoms with Crippen molar-refractivity contribution in [1.82, 2.24) is 5.32 Å². The molecule has 0 radical (unpaired) electrons. The van der Waals surface area contributed by atoms with Crippen LogP contribution in [0.3, 0.4) is 0 Å². The fraction of sp³-hybridized carbons (Fsp3) is 0.647. The first-order valence-corrected chi connectivity index (χ1v) is 7.99. The van der Waals surface area contributed by atoms with Crippen molar-refractivity contribution in [2.75, 3.05) is 24.5 Å². The molecule has 1 unspecified atom stereocenters. The Morgan fingerprint density at radius 2 is 2.15 bits per heavy atom. The Labute approximate surface area is 122 Å². The van der Waals surface area contributed by atoms with E-state index in [0.29, 0.717) is 6.54 Å². The van der Waals surface area contributed by atoms with E-state index in [4.69, 9.17) is 0 Å². The van der Waals surface area contributed by atoms with Crippen LogP contribution < -0.4 is 10.2 Å². The minimum atomic E-state index is -0.0787. The molecule has 0 aliphatic carbocycles. The third-order valence-electron chi connectivity index (χ3n) is 4.15. The largest absolute Gasteiger partial charge is 0.371 e. The van der Waals surface area contributed by atoms with E-state index in [0.717, 1.165) is 43.2 Å². The maximum Gasteiger partial charge on any atom is 0.129 e. The number of nitrogens with zero attached hydrogens (tertiary/aromatic N) is 1. The Hall–Kier alpha value is -1.09. The van der Waals surface area contributed by atoms with Crippen LogP contribution in [0.4, 0.5) is 10.1 Å². The van der Waals surface area contributed by atoms with E-state index in [-0.39, 0.29) is 5.82 Å². The minimum Gasteiger partial charge on any atom is -0.371 e. The Kier molecular flexibility index (Phi) is 5.84. The average molecular weight is 278 g/mol. The fourth-order valence-electron chi connectivity index (χ4n) is 3.10. The molecule has 0 bridgehead atoms. The van der Waals surface area contributed by atoms with Gasteiger partial charge in [-0.2, -0.15) is 0 Å². The molecule has 112 valence electrons. The smallest absolute Gasteiger partial charge is 0.129 e. The first kappa shape index (κ1) is 15.3. The molecule has 1 aliphatic rings. The van der Waals surface area contributed by atoms with Gasteiger partial charge in [0.25, 0.3) is 0 Å². The minimum absolute atomic E-state index is 0.0787. The van der Waals surface area contributed by atoms with Gasteiger partial charge in [-0.3, -0.25) is 0 Å². The van der Waals surface area contributed by atoms with Crippen molar-refractivity contribution in [2.24, 2.45) is 5.92 Å². The maximum atomic E-state index is 14.1. The number of hydrogen-bond acceptors (Lipinski definition) is 2. The summed E-state index contributed by atoms with van der Waals surface area (Å²) in [6.45, 7) is 8.08. The lowest BCUT2D eigenvalue weighted by atomic mass is 10.0. The third kappa shape index (κ3) is 3.72. The molecule has 1 aliphatic heterocycles. The lowest BCUT2D eigenvalue weighted by Crippen LogP contribution is -2.24. The number of anilines is 1. The van der Waals surface area contributed by atoms with Gasteiger partial charge in [-0.05, 0) is 43.9 Å². The second-order valence-corrected chi connectivity index (χ2v) is 5.80. The van der Waals surface area contributed by atoms with Crippen molar-refractivity contribution in [3.63, 3.8) is 0 Å². The van der Waals surface area contributed by atoms with Gasteiger partial charge in [0, 0.05) is 30.9 Å². The topological polar surface area (TPSA) is 15.3 Å². The lowest BCUT2D eigenvalue weighted by Gasteiger charge is -2.23. The Morgan fingerprint density at radius 1 is 1.30 bits per heavy atom. The van der Waals surface area contributed by atoms with E-state index in [1.165, 1.54) is 19.3 Å². The van der Waals surface area contributed by atoms with E-state index < -0.39 is 0 Å². The summed E-state index contributed by atoms with van der Waals surface area (Å²) >= 11 is 0. The average Bonchev–Trinajstić information content (AvgIpc) is 2.89. The summed E-state index contributed by atoms with van der Waals surface area (Å²) in [7, 11) is 0. The van der Waals surface area contributed by atoms with Gasteiger partial charge in [0.15, 0.2) is 0 Å². The van der Waals surface area contributed by atoms with Gasteiger partial charge in [-0.25, -0.2) is 4.39 Å². The summed E-state index contributed by atoms with van der Waals surface area (Å²) < 4.78 is 14.1. The highest BCUT2D eigenvalue weighted by atomic mass is 19.1. The molecule has 0 amide bonds. The van der Waals surface area contributed by atoms with Crippen LogP contribution in [0.1, 0.15) is 45.1 Å². The molecule has 1 fully saturated rings. The van der Waals surface area contributed by atoms with Gasteiger partial charge in [0.05, 0.1) is 0 Å². The highest BCUT2D eigenvalue weighted by molar-refractivity contribution is 5.55. The molecule has 2 rings (SSSR count). The van der Waals surface area contributed by atoms with Gasteiger partial charge < -0.3 is 10.2 Å². The predicted octanol–water partition coefficient (Wildman–Crippen LogP) is 3.95. The van der Waals surface area contributed by atoms with Crippen molar-refractivity contribution in [1.29, 1.82) is 0 Å². The van der Waals surface area contributed by atoms with Crippen LogP contribution in [0.25, 0.3) is 0 Å². The summed E-state index contributed by atoms with van der Waals surface area (Å²) in [5.74, 6) is 0.699. The summed E-state index contributed by atoms with van der Waals surface area (Å²) in [6.07, 6.45) is 4.85. The van der Waals surface area contributed by atoms with Gasteiger partial charge in [-0.15, -0.1) is 0 Å². The molecule has 1 atom stereocenters. The molecule has 1 aromatic rings. The normalized spacial score (nSPS) is 18.8. The molecule has 0 spiro atoms. The summed E-state index contributed by atoms with van der Waals surface area (Å²) in [5, 5.41) is 3.33. The van der Waals surface area contributed by atoms with Crippen LogP contribution in [0.5, 0.6) is 0 Å². The standard InChI is InChI=1S/C17H27FN2/c1-3-6-14-9-11-20(13-14)17-8-5-7-16(18)15(17)12-19-10-4-2/h5,7-8,14,19H,3-4,6,9-13H2,1-2H3. The van der Waals surface area contributed by atoms with Crippen LogP contribution >= 0.6 is 0 Å². The van der Waals surface area contributed by atoms with Crippen LogP contribution in [-0.4, -0.2) is 19.6 Å². The van der Waals surface area contributed by atoms with E-state index in [2.05, 4.69) is 30.1 Å². The molecular formula is C17H27FN2. The summed E-state index contributed by atoms with van der Waals surface area (Å²) in [5.41, 5.74) is 1.92. The van der Waals surface area contributed by atoms with Crippen LogP contribution in [0.15, 0.2) is 18.2 Å². The van der Waals surface area contributed by atoms with Crippen molar-refractivity contribution >= 4 is 5.69 Å². The molecule has 1 saturated heterocycles. The Morgan fingerprint density at radius 3 is 2.90 bits per heavy atom. The molecule has 1 heterocycles. The zero-order valence-electron chi connectivity index (χ0n) is 12.8. The van der Waals surface area contributed by atoms with Crippen molar-refractivity contribution in [3.8, 4) is 0 Å². The van der Waals surface area contributed by atoms with Crippen molar-refractivity contribution in [3.05, 3.63) is 29.6 Å². The monoisotopic (exact) mass is 278 g/mol.